The van der Waals surface area contributed by atoms with Crippen molar-refractivity contribution in [2.45, 2.75) is 39.8 Å². The first kappa shape index (κ1) is 18.4. The van der Waals surface area contributed by atoms with Gasteiger partial charge < -0.3 is 5.32 Å². The van der Waals surface area contributed by atoms with Crippen LogP contribution < -0.4 is 10.9 Å². The van der Waals surface area contributed by atoms with Crippen molar-refractivity contribution in [2.75, 3.05) is 6.54 Å². The van der Waals surface area contributed by atoms with Gasteiger partial charge in [0, 0.05) is 25.7 Å². The SMILES string of the molecule is CCc1nn(CC(=O)NCCCn2ccc(C)n2)c(=O)c2cc3sccc3n12. The van der Waals surface area contributed by atoms with Gasteiger partial charge in [-0.05, 0) is 36.9 Å². The Morgan fingerprint density at radius 1 is 1.25 bits per heavy atom. The van der Waals surface area contributed by atoms with Crippen LogP contribution in [-0.4, -0.2) is 36.4 Å². The molecule has 0 atom stereocenters. The Morgan fingerprint density at radius 2 is 2.11 bits per heavy atom. The number of nitrogens with zero attached hydrogens (tertiary/aromatic N) is 5. The third-order valence-corrected chi connectivity index (χ3v) is 5.49. The summed E-state index contributed by atoms with van der Waals surface area (Å²) in [5.41, 5.74) is 2.28. The lowest BCUT2D eigenvalue weighted by atomic mass is 10.4. The standard InChI is InChI=1S/C19H22N6O2S/c1-3-17-22-24(19(27)15-11-16-14(25(15)17)6-10-28-16)12-18(26)20-7-4-8-23-9-5-13(2)21-23/h5-6,9-11H,3-4,7-8,12H2,1-2H3,(H,20,26). The molecule has 146 valence electrons. The van der Waals surface area contributed by atoms with Crippen LogP contribution in [0.4, 0.5) is 0 Å². The Labute approximate surface area is 165 Å². The number of hydrogen-bond acceptors (Lipinski definition) is 5. The summed E-state index contributed by atoms with van der Waals surface area (Å²) in [6.07, 6.45) is 3.36. The molecule has 28 heavy (non-hydrogen) atoms. The fourth-order valence-corrected chi connectivity index (χ4v) is 4.11. The molecule has 0 unspecified atom stereocenters. The van der Waals surface area contributed by atoms with Crippen LogP contribution in [0.25, 0.3) is 15.7 Å². The number of thiophene rings is 1. The molecule has 4 heterocycles. The highest BCUT2D eigenvalue weighted by Gasteiger charge is 2.15. The molecule has 0 aromatic carbocycles. The van der Waals surface area contributed by atoms with Crippen LogP contribution in [0.5, 0.6) is 0 Å². The van der Waals surface area contributed by atoms with Crippen molar-refractivity contribution < 1.29 is 4.79 Å². The lowest BCUT2D eigenvalue weighted by Gasteiger charge is -2.10. The van der Waals surface area contributed by atoms with Gasteiger partial charge in [0.1, 0.15) is 17.9 Å². The Morgan fingerprint density at radius 3 is 2.86 bits per heavy atom. The van der Waals surface area contributed by atoms with Crippen LogP contribution in [0.2, 0.25) is 0 Å². The Kier molecular flexibility index (Phi) is 4.99. The predicted octanol–water partition coefficient (Wildman–Crippen LogP) is 1.98. The molecule has 0 radical (unpaired) electrons. The molecular weight excluding hydrogens is 376 g/mol. The van der Waals surface area contributed by atoms with Crippen LogP contribution in [-0.2, 0) is 24.3 Å². The highest BCUT2D eigenvalue weighted by atomic mass is 32.1. The fraction of sp³-hybridized carbons (Fsp3) is 0.368. The first-order valence-corrected chi connectivity index (χ1v) is 10.2. The molecule has 0 aliphatic heterocycles. The molecule has 1 amide bonds. The second-order valence-electron chi connectivity index (χ2n) is 6.69. The van der Waals surface area contributed by atoms with Crippen molar-refractivity contribution >= 4 is 33.0 Å². The first-order chi connectivity index (χ1) is 13.6. The average molecular weight is 398 g/mol. The van der Waals surface area contributed by atoms with E-state index in [1.807, 2.05) is 52.7 Å². The van der Waals surface area contributed by atoms with Crippen LogP contribution >= 0.6 is 11.3 Å². The molecule has 0 saturated carbocycles. The summed E-state index contributed by atoms with van der Waals surface area (Å²) in [6, 6.07) is 5.82. The normalized spacial score (nSPS) is 11.5. The third kappa shape index (κ3) is 3.45. The molecule has 0 bridgehead atoms. The minimum atomic E-state index is -0.247. The molecule has 8 nitrogen and oxygen atoms in total. The zero-order valence-corrected chi connectivity index (χ0v) is 16.7. The van der Waals surface area contributed by atoms with Crippen LogP contribution in [0.1, 0.15) is 24.9 Å². The summed E-state index contributed by atoms with van der Waals surface area (Å²) in [5, 5.41) is 13.6. The Hall–Kier alpha value is -2.94. The van der Waals surface area contributed by atoms with E-state index in [0.717, 1.165) is 34.7 Å². The average Bonchev–Trinajstić information content (AvgIpc) is 3.37. The van der Waals surface area contributed by atoms with E-state index in [9.17, 15) is 9.59 Å². The van der Waals surface area contributed by atoms with Crippen molar-refractivity contribution in [1.82, 2.24) is 29.3 Å². The predicted molar refractivity (Wildman–Crippen MR) is 109 cm³/mol. The van der Waals surface area contributed by atoms with E-state index < -0.39 is 0 Å². The maximum Gasteiger partial charge on any atom is 0.291 e. The fourth-order valence-electron chi connectivity index (χ4n) is 3.31. The van der Waals surface area contributed by atoms with Gasteiger partial charge in [0.25, 0.3) is 5.56 Å². The molecule has 4 aromatic rings. The van der Waals surface area contributed by atoms with Crippen LogP contribution in [0.15, 0.2) is 34.6 Å². The quantitative estimate of drug-likeness (QED) is 0.482. The van der Waals surface area contributed by atoms with E-state index in [-0.39, 0.29) is 18.0 Å². The summed E-state index contributed by atoms with van der Waals surface area (Å²) in [5.74, 6) is 0.552. The summed E-state index contributed by atoms with van der Waals surface area (Å²) in [4.78, 5) is 25.1. The molecule has 0 aliphatic rings. The first-order valence-electron chi connectivity index (χ1n) is 9.32. The van der Waals surface area contributed by atoms with Crippen molar-refractivity contribution in [3.63, 3.8) is 0 Å². The van der Waals surface area contributed by atoms with Gasteiger partial charge in [-0.2, -0.15) is 10.2 Å². The molecule has 1 N–H and O–H groups in total. The van der Waals surface area contributed by atoms with Gasteiger partial charge in [0.2, 0.25) is 5.91 Å². The molecule has 0 spiro atoms. The molecule has 0 fully saturated rings. The van der Waals surface area contributed by atoms with Gasteiger partial charge >= 0.3 is 0 Å². The maximum absolute atomic E-state index is 12.8. The van der Waals surface area contributed by atoms with Gasteiger partial charge in [-0.25, -0.2) is 4.68 Å². The number of rotatable bonds is 7. The van der Waals surface area contributed by atoms with Gasteiger partial charge in [-0.15, -0.1) is 11.3 Å². The number of carbonyl (C=O) groups is 1. The molecule has 0 saturated heterocycles. The molecular formula is C19H22N6O2S. The van der Waals surface area contributed by atoms with Gasteiger partial charge in [-0.3, -0.25) is 18.7 Å². The van der Waals surface area contributed by atoms with E-state index in [0.29, 0.717) is 18.5 Å². The molecule has 4 rings (SSSR count). The number of aryl methyl sites for hydroxylation is 3. The maximum atomic E-state index is 12.8. The summed E-state index contributed by atoms with van der Waals surface area (Å²) >= 11 is 1.59. The summed E-state index contributed by atoms with van der Waals surface area (Å²) in [6.45, 7) is 5.11. The van der Waals surface area contributed by atoms with E-state index in [4.69, 9.17) is 0 Å². The molecule has 4 aromatic heterocycles. The van der Waals surface area contributed by atoms with E-state index in [2.05, 4.69) is 15.5 Å². The van der Waals surface area contributed by atoms with E-state index in [1.54, 1.807) is 11.3 Å². The molecule has 0 aliphatic carbocycles. The lowest BCUT2D eigenvalue weighted by Crippen LogP contribution is -2.35. The zero-order chi connectivity index (χ0) is 19.7. The van der Waals surface area contributed by atoms with E-state index >= 15 is 0 Å². The van der Waals surface area contributed by atoms with Crippen molar-refractivity contribution in [2.24, 2.45) is 0 Å². The molecule has 9 heteroatoms. The van der Waals surface area contributed by atoms with Crippen LogP contribution in [0, 0.1) is 6.92 Å². The number of aromatic nitrogens is 5. The van der Waals surface area contributed by atoms with Crippen molar-refractivity contribution in [3.05, 3.63) is 51.6 Å². The Balaban J connectivity index is 1.45. The minimum absolute atomic E-state index is 0.0813. The summed E-state index contributed by atoms with van der Waals surface area (Å²) in [7, 11) is 0. The van der Waals surface area contributed by atoms with Crippen LogP contribution in [0.3, 0.4) is 0 Å². The third-order valence-electron chi connectivity index (χ3n) is 4.64. The smallest absolute Gasteiger partial charge is 0.291 e. The number of amides is 1. The number of nitrogens with one attached hydrogen (secondary N) is 1. The Bertz CT molecular complexity index is 1200. The van der Waals surface area contributed by atoms with Gasteiger partial charge in [0.15, 0.2) is 0 Å². The highest BCUT2D eigenvalue weighted by Crippen LogP contribution is 2.24. The number of fused-ring (bicyclic) bond motifs is 3. The minimum Gasteiger partial charge on any atom is -0.354 e. The highest BCUT2D eigenvalue weighted by molar-refractivity contribution is 7.17. The van der Waals surface area contributed by atoms with E-state index in [1.165, 1.54) is 4.68 Å². The summed E-state index contributed by atoms with van der Waals surface area (Å²) < 4.78 is 6.07. The largest absolute Gasteiger partial charge is 0.354 e. The van der Waals surface area contributed by atoms with Gasteiger partial charge in [0.05, 0.1) is 15.9 Å². The number of carbonyl (C=O) groups excluding carboxylic acids is 1. The lowest BCUT2D eigenvalue weighted by molar-refractivity contribution is -0.121. The van der Waals surface area contributed by atoms with Gasteiger partial charge in [-0.1, -0.05) is 6.92 Å². The monoisotopic (exact) mass is 398 g/mol. The second kappa shape index (κ2) is 7.59. The zero-order valence-electron chi connectivity index (χ0n) is 15.9. The number of hydrogen-bond donors (Lipinski definition) is 1. The topological polar surface area (TPSA) is 86.2 Å². The van der Waals surface area contributed by atoms with Crippen molar-refractivity contribution in [3.8, 4) is 0 Å². The van der Waals surface area contributed by atoms with Crippen molar-refractivity contribution in [1.29, 1.82) is 0 Å². The second-order valence-corrected chi connectivity index (χ2v) is 7.64.